The first-order valence-electron chi connectivity index (χ1n) is 6.91. The van der Waals surface area contributed by atoms with Crippen molar-refractivity contribution in [3.8, 4) is 5.75 Å². The minimum Gasteiger partial charge on any atom is -0.426 e. The number of halogens is 1. The second-order valence-corrected chi connectivity index (χ2v) is 6.81. The number of carbonyl (C=O) groups excluding carboxylic acids is 2. The van der Waals surface area contributed by atoms with Gasteiger partial charge in [-0.1, -0.05) is 15.9 Å². The third-order valence-corrected chi connectivity index (χ3v) is 4.53. The standard InChI is InChI=1S/C17H16BrNO3S/c1-11-9-13(18)3-8-16(11)23-10-17(21)22-15-6-4-14(5-7-15)19-12(2)20/h3-9H,10H2,1-2H3,(H,19,20). The molecule has 0 spiro atoms. The van der Waals surface area contributed by atoms with Gasteiger partial charge in [0, 0.05) is 22.0 Å². The average molecular weight is 394 g/mol. The molecule has 2 aromatic carbocycles. The lowest BCUT2D eigenvalue weighted by Crippen LogP contribution is -2.11. The van der Waals surface area contributed by atoms with Gasteiger partial charge < -0.3 is 10.1 Å². The number of carbonyl (C=O) groups is 2. The molecule has 0 fully saturated rings. The molecule has 0 atom stereocenters. The van der Waals surface area contributed by atoms with Crippen LogP contribution in [0, 0.1) is 6.92 Å². The van der Waals surface area contributed by atoms with Crippen LogP contribution in [-0.2, 0) is 9.59 Å². The lowest BCUT2D eigenvalue weighted by molar-refractivity contribution is -0.131. The van der Waals surface area contributed by atoms with E-state index in [0.29, 0.717) is 11.4 Å². The number of thioether (sulfide) groups is 1. The molecule has 6 heteroatoms. The summed E-state index contributed by atoms with van der Waals surface area (Å²) in [6.07, 6.45) is 0. The van der Waals surface area contributed by atoms with Crippen molar-refractivity contribution in [2.24, 2.45) is 0 Å². The highest BCUT2D eigenvalue weighted by Crippen LogP contribution is 2.25. The highest BCUT2D eigenvalue weighted by molar-refractivity contribution is 9.10. The number of nitrogens with one attached hydrogen (secondary N) is 1. The van der Waals surface area contributed by atoms with E-state index in [1.165, 1.54) is 18.7 Å². The summed E-state index contributed by atoms with van der Waals surface area (Å²) >= 11 is 4.86. The van der Waals surface area contributed by atoms with Gasteiger partial charge in [0.15, 0.2) is 0 Å². The Hall–Kier alpha value is -1.79. The van der Waals surface area contributed by atoms with Crippen molar-refractivity contribution in [3.63, 3.8) is 0 Å². The van der Waals surface area contributed by atoms with Gasteiger partial charge in [0.25, 0.3) is 0 Å². The van der Waals surface area contributed by atoms with Crippen LogP contribution in [0.5, 0.6) is 5.75 Å². The van der Waals surface area contributed by atoms with Crippen LogP contribution < -0.4 is 10.1 Å². The zero-order chi connectivity index (χ0) is 16.8. The SMILES string of the molecule is CC(=O)Nc1ccc(OC(=O)CSc2ccc(Br)cc2C)cc1. The maximum absolute atomic E-state index is 11.9. The largest absolute Gasteiger partial charge is 0.426 e. The van der Waals surface area contributed by atoms with Crippen molar-refractivity contribution in [3.05, 3.63) is 52.5 Å². The van der Waals surface area contributed by atoms with Gasteiger partial charge in [-0.15, -0.1) is 11.8 Å². The molecule has 0 radical (unpaired) electrons. The lowest BCUT2D eigenvalue weighted by Gasteiger charge is -2.07. The number of rotatable bonds is 5. The van der Waals surface area contributed by atoms with Crippen LogP contribution in [0.25, 0.3) is 0 Å². The van der Waals surface area contributed by atoms with Crippen LogP contribution in [0.1, 0.15) is 12.5 Å². The first-order chi connectivity index (χ1) is 10.9. The van der Waals surface area contributed by atoms with Crippen molar-refractivity contribution in [2.75, 3.05) is 11.1 Å². The van der Waals surface area contributed by atoms with E-state index in [9.17, 15) is 9.59 Å². The Morgan fingerprint density at radius 1 is 1.17 bits per heavy atom. The summed E-state index contributed by atoms with van der Waals surface area (Å²) in [6.45, 7) is 3.44. The smallest absolute Gasteiger partial charge is 0.321 e. The Kier molecular flexibility index (Phi) is 6.24. The highest BCUT2D eigenvalue weighted by atomic mass is 79.9. The Labute approximate surface area is 147 Å². The van der Waals surface area contributed by atoms with Gasteiger partial charge in [-0.3, -0.25) is 9.59 Å². The van der Waals surface area contributed by atoms with Gasteiger partial charge in [0.05, 0.1) is 5.75 Å². The zero-order valence-electron chi connectivity index (χ0n) is 12.8. The zero-order valence-corrected chi connectivity index (χ0v) is 15.2. The summed E-state index contributed by atoms with van der Waals surface area (Å²) in [5.74, 6) is 0.230. The molecule has 0 heterocycles. The minimum atomic E-state index is -0.315. The maximum Gasteiger partial charge on any atom is 0.321 e. The third kappa shape index (κ3) is 5.73. The predicted octanol–water partition coefficient (Wildman–Crippen LogP) is 4.41. The topological polar surface area (TPSA) is 55.4 Å². The van der Waals surface area contributed by atoms with Gasteiger partial charge >= 0.3 is 5.97 Å². The van der Waals surface area contributed by atoms with E-state index in [2.05, 4.69) is 21.2 Å². The molecule has 1 N–H and O–H groups in total. The van der Waals surface area contributed by atoms with E-state index >= 15 is 0 Å². The molecule has 0 aliphatic rings. The summed E-state index contributed by atoms with van der Waals surface area (Å²) in [4.78, 5) is 23.9. The van der Waals surface area contributed by atoms with Crippen LogP contribution in [0.4, 0.5) is 5.69 Å². The summed E-state index contributed by atoms with van der Waals surface area (Å²) in [5.41, 5.74) is 1.77. The van der Waals surface area contributed by atoms with Gasteiger partial charge in [-0.05, 0) is 55.0 Å². The molecular weight excluding hydrogens is 378 g/mol. The summed E-state index contributed by atoms with van der Waals surface area (Å²) in [5, 5.41) is 2.66. The highest BCUT2D eigenvalue weighted by Gasteiger charge is 2.08. The van der Waals surface area contributed by atoms with Crippen LogP contribution >= 0.6 is 27.7 Å². The second kappa shape index (κ2) is 8.17. The number of ether oxygens (including phenoxy) is 1. The Balaban J connectivity index is 1.88. The first-order valence-corrected chi connectivity index (χ1v) is 8.69. The van der Waals surface area contributed by atoms with E-state index in [0.717, 1.165) is 14.9 Å². The Bertz CT molecular complexity index is 716. The molecular formula is C17H16BrNO3S. The minimum absolute atomic E-state index is 0.143. The molecule has 2 aromatic rings. The fourth-order valence-corrected chi connectivity index (χ4v) is 3.14. The molecule has 1 amide bonds. The summed E-state index contributed by atoms with van der Waals surface area (Å²) < 4.78 is 6.29. The quantitative estimate of drug-likeness (QED) is 0.464. The number of hydrogen-bond acceptors (Lipinski definition) is 4. The van der Waals surface area contributed by atoms with Crippen molar-refractivity contribution in [2.45, 2.75) is 18.7 Å². The molecule has 120 valence electrons. The molecule has 23 heavy (non-hydrogen) atoms. The van der Waals surface area contributed by atoms with E-state index in [1.807, 2.05) is 25.1 Å². The molecule has 0 saturated carbocycles. The monoisotopic (exact) mass is 393 g/mol. The number of amides is 1. The second-order valence-electron chi connectivity index (χ2n) is 4.88. The number of esters is 1. The molecule has 0 aliphatic heterocycles. The third-order valence-electron chi connectivity index (χ3n) is 2.89. The van der Waals surface area contributed by atoms with Crippen LogP contribution in [0.2, 0.25) is 0 Å². The van der Waals surface area contributed by atoms with Crippen LogP contribution in [0.15, 0.2) is 51.8 Å². The van der Waals surface area contributed by atoms with Gasteiger partial charge in [-0.2, -0.15) is 0 Å². The first kappa shape index (κ1) is 17.6. The van der Waals surface area contributed by atoms with E-state index in [4.69, 9.17) is 4.74 Å². The number of aryl methyl sites for hydroxylation is 1. The Morgan fingerprint density at radius 3 is 2.48 bits per heavy atom. The van der Waals surface area contributed by atoms with E-state index in [1.54, 1.807) is 24.3 Å². The Morgan fingerprint density at radius 2 is 1.87 bits per heavy atom. The molecule has 0 bridgehead atoms. The van der Waals surface area contributed by atoms with E-state index in [-0.39, 0.29) is 17.6 Å². The van der Waals surface area contributed by atoms with Crippen molar-refractivity contribution < 1.29 is 14.3 Å². The van der Waals surface area contributed by atoms with Gasteiger partial charge in [0.2, 0.25) is 5.91 Å². The summed E-state index contributed by atoms with van der Waals surface area (Å²) in [7, 11) is 0. The molecule has 0 saturated heterocycles. The van der Waals surface area contributed by atoms with Crippen molar-refractivity contribution >= 4 is 45.3 Å². The van der Waals surface area contributed by atoms with Crippen molar-refractivity contribution in [1.29, 1.82) is 0 Å². The van der Waals surface area contributed by atoms with Gasteiger partial charge in [-0.25, -0.2) is 0 Å². The van der Waals surface area contributed by atoms with E-state index < -0.39 is 0 Å². The number of benzene rings is 2. The average Bonchev–Trinajstić information content (AvgIpc) is 2.48. The van der Waals surface area contributed by atoms with Crippen molar-refractivity contribution in [1.82, 2.24) is 0 Å². The van der Waals surface area contributed by atoms with Gasteiger partial charge in [0.1, 0.15) is 5.75 Å². The van der Waals surface area contributed by atoms with Crippen LogP contribution in [0.3, 0.4) is 0 Å². The molecule has 2 rings (SSSR count). The summed E-state index contributed by atoms with van der Waals surface area (Å²) in [6, 6.07) is 12.6. The van der Waals surface area contributed by atoms with Crippen LogP contribution in [-0.4, -0.2) is 17.6 Å². The fraction of sp³-hybridized carbons (Fsp3) is 0.176. The normalized spacial score (nSPS) is 10.2. The number of anilines is 1. The number of hydrogen-bond donors (Lipinski definition) is 1. The molecule has 0 unspecified atom stereocenters. The fourth-order valence-electron chi connectivity index (χ4n) is 1.88. The molecule has 4 nitrogen and oxygen atoms in total. The molecule has 0 aliphatic carbocycles. The lowest BCUT2D eigenvalue weighted by atomic mass is 10.2. The molecule has 0 aromatic heterocycles. The maximum atomic E-state index is 11.9. The predicted molar refractivity (Wildman–Crippen MR) is 96.0 cm³/mol.